The lowest BCUT2D eigenvalue weighted by Gasteiger charge is -2.26. The second kappa shape index (κ2) is 10.7. The Labute approximate surface area is 209 Å². The number of aromatic nitrogens is 2. The highest BCUT2D eigenvalue weighted by atomic mass is 19.1. The van der Waals surface area contributed by atoms with Crippen LogP contribution >= 0.6 is 0 Å². The van der Waals surface area contributed by atoms with Crippen LogP contribution in [0.2, 0.25) is 0 Å². The summed E-state index contributed by atoms with van der Waals surface area (Å²) in [5.41, 5.74) is 3.03. The SMILES string of the molecule is Cn1nc(-c2ccccc2)c(CN(C[C@H]2CCCO2)C(=O)c2ccccc2)c1Oc1ccc(F)cc1. The summed E-state index contributed by atoms with van der Waals surface area (Å²) in [7, 11) is 1.80. The zero-order chi connectivity index (χ0) is 24.9. The van der Waals surface area contributed by atoms with Gasteiger partial charge >= 0.3 is 0 Å². The predicted molar refractivity (Wildman–Crippen MR) is 135 cm³/mol. The number of hydrogen-bond donors (Lipinski definition) is 0. The molecule has 184 valence electrons. The molecule has 0 N–H and O–H groups in total. The monoisotopic (exact) mass is 485 g/mol. The molecule has 1 aliphatic rings. The summed E-state index contributed by atoms with van der Waals surface area (Å²) in [6.45, 7) is 1.45. The number of aryl methyl sites for hydroxylation is 1. The lowest BCUT2D eigenvalue weighted by atomic mass is 10.1. The van der Waals surface area contributed by atoms with Crippen LogP contribution in [0.4, 0.5) is 4.39 Å². The van der Waals surface area contributed by atoms with Crippen LogP contribution in [0.15, 0.2) is 84.9 Å². The predicted octanol–water partition coefficient (Wildman–Crippen LogP) is 5.84. The van der Waals surface area contributed by atoms with E-state index in [1.165, 1.54) is 12.1 Å². The van der Waals surface area contributed by atoms with Gasteiger partial charge in [-0.1, -0.05) is 48.5 Å². The Hall–Kier alpha value is -3.97. The van der Waals surface area contributed by atoms with Crippen LogP contribution in [0.1, 0.15) is 28.8 Å². The highest BCUT2D eigenvalue weighted by Gasteiger charge is 2.28. The van der Waals surface area contributed by atoms with Crippen molar-refractivity contribution in [2.24, 2.45) is 7.05 Å². The number of benzene rings is 3. The van der Waals surface area contributed by atoms with E-state index in [-0.39, 0.29) is 24.4 Å². The van der Waals surface area contributed by atoms with Crippen LogP contribution in [-0.2, 0) is 18.3 Å². The van der Waals surface area contributed by atoms with E-state index in [9.17, 15) is 9.18 Å². The first-order valence-electron chi connectivity index (χ1n) is 12.1. The summed E-state index contributed by atoms with van der Waals surface area (Å²) < 4.78 is 27.3. The van der Waals surface area contributed by atoms with Crippen LogP contribution in [-0.4, -0.2) is 39.8 Å². The van der Waals surface area contributed by atoms with Gasteiger partial charge in [-0.3, -0.25) is 4.79 Å². The molecule has 6 nitrogen and oxygen atoms in total. The lowest BCUT2D eigenvalue weighted by Crippen LogP contribution is -2.37. The molecule has 1 fully saturated rings. The molecule has 0 aliphatic carbocycles. The van der Waals surface area contributed by atoms with Gasteiger partial charge in [-0.2, -0.15) is 5.10 Å². The third-order valence-corrected chi connectivity index (χ3v) is 6.27. The number of halogens is 1. The molecule has 0 saturated carbocycles. The van der Waals surface area contributed by atoms with E-state index in [2.05, 4.69) is 0 Å². The maximum atomic E-state index is 13.7. The normalized spacial score (nSPS) is 15.1. The van der Waals surface area contributed by atoms with E-state index < -0.39 is 0 Å². The molecular weight excluding hydrogens is 457 g/mol. The first-order valence-corrected chi connectivity index (χ1v) is 12.1. The van der Waals surface area contributed by atoms with Crippen molar-refractivity contribution in [1.82, 2.24) is 14.7 Å². The number of amides is 1. The van der Waals surface area contributed by atoms with Gasteiger partial charge in [0.1, 0.15) is 17.3 Å². The van der Waals surface area contributed by atoms with Crippen molar-refractivity contribution in [2.45, 2.75) is 25.5 Å². The van der Waals surface area contributed by atoms with Crippen molar-refractivity contribution < 1.29 is 18.7 Å². The fraction of sp³-hybridized carbons (Fsp3) is 0.241. The molecule has 0 bridgehead atoms. The highest BCUT2D eigenvalue weighted by Crippen LogP contribution is 2.35. The highest BCUT2D eigenvalue weighted by molar-refractivity contribution is 5.94. The van der Waals surface area contributed by atoms with Gasteiger partial charge in [0, 0.05) is 31.3 Å². The molecule has 1 atom stereocenters. The number of carbonyl (C=O) groups is 1. The Kier molecular flexibility index (Phi) is 7.09. The fourth-order valence-corrected chi connectivity index (χ4v) is 4.47. The van der Waals surface area contributed by atoms with Crippen molar-refractivity contribution in [2.75, 3.05) is 13.2 Å². The number of ether oxygens (including phenoxy) is 2. The third-order valence-electron chi connectivity index (χ3n) is 6.27. The summed E-state index contributed by atoms with van der Waals surface area (Å²) in [5, 5.41) is 4.76. The third kappa shape index (κ3) is 5.31. The zero-order valence-corrected chi connectivity index (χ0v) is 20.1. The minimum absolute atomic E-state index is 0.0176. The molecule has 1 saturated heterocycles. The maximum absolute atomic E-state index is 13.7. The second-order valence-corrected chi connectivity index (χ2v) is 8.86. The minimum atomic E-state index is -0.339. The molecule has 1 amide bonds. The molecule has 0 spiro atoms. The number of rotatable bonds is 8. The van der Waals surface area contributed by atoms with E-state index in [1.54, 1.807) is 23.9 Å². The Morgan fingerprint density at radius 2 is 1.75 bits per heavy atom. The van der Waals surface area contributed by atoms with Gasteiger partial charge in [-0.25, -0.2) is 9.07 Å². The first kappa shape index (κ1) is 23.8. The van der Waals surface area contributed by atoms with E-state index in [1.807, 2.05) is 65.6 Å². The Morgan fingerprint density at radius 3 is 2.42 bits per heavy atom. The van der Waals surface area contributed by atoms with Gasteiger partial charge in [-0.05, 0) is 49.2 Å². The van der Waals surface area contributed by atoms with Crippen molar-refractivity contribution in [3.05, 3.63) is 102 Å². The quantitative estimate of drug-likeness (QED) is 0.315. The minimum Gasteiger partial charge on any atom is -0.439 e. The van der Waals surface area contributed by atoms with Crippen molar-refractivity contribution in [1.29, 1.82) is 0 Å². The molecule has 7 heteroatoms. The molecular formula is C29H28FN3O3. The molecule has 0 unspecified atom stereocenters. The molecule has 3 aromatic carbocycles. The molecule has 2 heterocycles. The Balaban J connectivity index is 1.55. The second-order valence-electron chi connectivity index (χ2n) is 8.86. The number of carbonyl (C=O) groups excluding carboxylic acids is 1. The standard InChI is InChI=1S/C29H28FN3O3/c1-32-29(36-24-16-14-23(30)15-17-24)26(27(31-32)21-9-4-2-5-10-21)20-33(19-25-13-8-18-35-25)28(34)22-11-6-3-7-12-22/h2-7,9-12,14-17,25H,8,13,18-20H2,1H3/t25-/m1/s1. The molecule has 1 aromatic heterocycles. The Bertz CT molecular complexity index is 1300. The van der Waals surface area contributed by atoms with E-state index in [0.717, 1.165) is 29.7 Å². The topological polar surface area (TPSA) is 56.6 Å². The van der Waals surface area contributed by atoms with Gasteiger partial charge in [-0.15, -0.1) is 0 Å². The zero-order valence-electron chi connectivity index (χ0n) is 20.1. The van der Waals surface area contributed by atoms with Gasteiger partial charge in [0.2, 0.25) is 5.88 Å². The van der Waals surface area contributed by atoms with Crippen molar-refractivity contribution >= 4 is 5.91 Å². The van der Waals surface area contributed by atoms with E-state index >= 15 is 0 Å². The maximum Gasteiger partial charge on any atom is 0.254 e. The summed E-state index contributed by atoms with van der Waals surface area (Å²) in [6.07, 6.45) is 1.88. The average Bonchev–Trinajstić information content (AvgIpc) is 3.54. The fourth-order valence-electron chi connectivity index (χ4n) is 4.47. The molecule has 0 radical (unpaired) electrons. The van der Waals surface area contributed by atoms with E-state index in [0.29, 0.717) is 30.3 Å². The van der Waals surface area contributed by atoms with Gasteiger partial charge in [0.15, 0.2) is 0 Å². The average molecular weight is 486 g/mol. The Morgan fingerprint density at radius 1 is 1.06 bits per heavy atom. The first-order chi connectivity index (χ1) is 17.6. The molecule has 4 aromatic rings. The smallest absolute Gasteiger partial charge is 0.254 e. The summed E-state index contributed by atoms with van der Waals surface area (Å²) >= 11 is 0. The van der Waals surface area contributed by atoms with Crippen molar-refractivity contribution in [3.8, 4) is 22.9 Å². The van der Waals surface area contributed by atoms with Gasteiger partial charge in [0.25, 0.3) is 5.91 Å². The molecule has 1 aliphatic heterocycles. The summed E-state index contributed by atoms with van der Waals surface area (Å²) in [4.78, 5) is 15.5. The molecule has 5 rings (SSSR count). The van der Waals surface area contributed by atoms with Crippen LogP contribution < -0.4 is 4.74 Å². The van der Waals surface area contributed by atoms with Crippen LogP contribution in [0.5, 0.6) is 11.6 Å². The molecule has 36 heavy (non-hydrogen) atoms. The summed E-state index contributed by atoms with van der Waals surface area (Å²) in [5.74, 6) is 0.564. The van der Waals surface area contributed by atoms with Crippen LogP contribution in [0, 0.1) is 5.82 Å². The van der Waals surface area contributed by atoms with Crippen LogP contribution in [0.3, 0.4) is 0 Å². The van der Waals surface area contributed by atoms with Gasteiger partial charge < -0.3 is 14.4 Å². The largest absolute Gasteiger partial charge is 0.439 e. The van der Waals surface area contributed by atoms with Crippen LogP contribution in [0.25, 0.3) is 11.3 Å². The van der Waals surface area contributed by atoms with Gasteiger partial charge in [0.05, 0.1) is 18.2 Å². The lowest BCUT2D eigenvalue weighted by molar-refractivity contribution is 0.0506. The van der Waals surface area contributed by atoms with Crippen molar-refractivity contribution in [3.63, 3.8) is 0 Å². The van der Waals surface area contributed by atoms with E-state index in [4.69, 9.17) is 14.6 Å². The number of nitrogens with zero attached hydrogens (tertiary/aromatic N) is 3. The summed E-state index contributed by atoms with van der Waals surface area (Å²) in [6, 6.07) is 24.9. The number of hydrogen-bond acceptors (Lipinski definition) is 4.